The lowest BCUT2D eigenvalue weighted by atomic mass is 10.1. The minimum atomic E-state index is -0.449. The van der Waals surface area contributed by atoms with Crippen LogP contribution in [0.5, 0.6) is 0 Å². The van der Waals surface area contributed by atoms with Gasteiger partial charge in [0, 0.05) is 18.8 Å². The summed E-state index contributed by atoms with van der Waals surface area (Å²) in [7, 11) is 0. The number of H-pyrrole nitrogens is 1. The number of aromatic amines is 1. The highest BCUT2D eigenvalue weighted by molar-refractivity contribution is 5.92. The molecule has 5 heteroatoms. The third-order valence-corrected chi connectivity index (χ3v) is 3.37. The molecule has 0 spiro atoms. The van der Waals surface area contributed by atoms with Gasteiger partial charge in [-0.15, -0.1) is 0 Å². The van der Waals surface area contributed by atoms with Crippen LogP contribution in [0.25, 0.3) is 0 Å². The number of aromatic nitrogens is 2. The first kappa shape index (κ1) is 14.5. The summed E-state index contributed by atoms with van der Waals surface area (Å²) in [6.45, 7) is 7.48. The van der Waals surface area contributed by atoms with Crippen molar-refractivity contribution in [2.45, 2.75) is 33.6 Å². The molecule has 0 saturated carbocycles. The third-order valence-electron chi connectivity index (χ3n) is 3.37. The van der Waals surface area contributed by atoms with E-state index in [1.807, 2.05) is 6.08 Å². The minimum absolute atomic E-state index is 0.162. The van der Waals surface area contributed by atoms with E-state index >= 15 is 0 Å². The molecule has 0 fully saturated rings. The highest BCUT2D eigenvalue weighted by atomic mass is 16.2. The number of nitrogens with zero attached hydrogens (tertiary/aromatic N) is 2. The van der Waals surface area contributed by atoms with Gasteiger partial charge in [0.1, 0.15) is 5.69 Å². The molecule has 0 unspecified atom stereocenters. The minimum Gasteiger partial charge on any atom is -0.333 e. The van der Waals surface area contributed by atoms with Crippen LogP contribution in [0.3, 0.4) is 0 Å². The predicted octanol–water partition coefficient (Wildman–Crippen LogP) is 1.76. The summed E-state index contributed by atoms with van der Waals surface area (Å²) in [6.07, 6.45) is 3.66. The summed E-state index contributed by atoms with van der Waals surface area (Å²) in [5, 5.41) is 0. The second-order valence-electron chi connectivity index (χ2n) is 5.75. The molecule has 0 atom stereocenters. The summed E-state index contributed by atoms with van der Waals surface area (Å²) in [5.41, 5.74) is 1.87. The van der Waals surface area contributed by atoms with Gasteiger partial charge in [-0.2, -0.15) is 4.98 Å². The van der Waals surface area contributed by atoms with Crippen molar-refractivity contribution in [1.29, 1.82) is 0 Å². The summed E-state index contributed by atoms with van der Waals surface area (Å²) >= 11 is 0. The number of amides is 1. The number of nitrogens with one attached hydrogen (secondary N) is 1. The maximum atomic E-state index is 12.4. The summed E-state index contributed by atoms with van der Waals surface area (Å²) < 4.78 is 0. The zero-order valence-corrected chi connectivity index (χ0v) is 12.3. The average molecular weight is 275 g/mol. The first-order valence-corrected chi connectivity index (χ1v) is 7.01. The molecule has 0 aliphatic carbocycles. The Morgan fingerprint density at radius 1 is 1.50 bits per heavy atom. The van der Waals surface area contributed by atoms with Crippen molar-refractivity contribution in [1.82, 2.24) is 14.9 Å². The number of carbonyl (C=O) groups is 1. The molecule has 0 radical (unpaired) electrons. The van der Waals surface area contributed by atoms with E-state index in [4.69, 9.17) is 0 Å². The quantitative estimate of drug-likeness (QED) is 0.855. The fourth-order valence-electron chi connectivity index (χ4n) is 2.28. The maximum Gasteiger partial charge on any atom is 0.345 e. The Hall–Kier alpha value is -1.91. The average Bonchev–Trinajstić information content (AvgIpc) is 2.37. The molecule has 0 saturated heterocycles. The standard InChI is InChI=1S/C15H21N3O2/c1-10(2)8-12-9-13(17-15(20)16-12)14(19)18-6-4-11(3)5-7-18/h4,9-10H,5-8H2,1-3H3,(H,16,17,20). The van der Waals surface area contributed by atoms with E-state index in [0.29, 0.717) is 19.0 Å². The second-order valence-corrected chi connectivity index (χ2v) is 5.75. The van der Waals surface area contributed by atoms with E-state index in [1.54, 1.807) is 11.0 Å². The lowest BCUT2D eigenvalue weighted by Crippen LogP contribution is -2.36. The summed E-state index contributed by atoms with van der Waals surface area (Å²) in [4.78, 5) is 32.2. The molecule has 1 aliphatic heterocycles. The number of hydrogen-bond acceptors (Lipinski definition) is 3. The lowest BCUT2D eigenvalue weighted by Gasteiger charge is -2.25. The van der Waals surface area contributed by atoms with Crippen LogP contribution in [0, 0.1) is 5.92 Å². The number of rotatable bonds is 3. The zero-order valence-electron chi connectivity index (χ0n) is 12.3. The van der Waals surface area contributed by atoms with E-state index in [2.05, 4.69) is 30.7 Å². The van der Waals surface area contributed by atoms with E-state index in [-0.39, 0.29) is 11.6 Å². The number of carbonyl (C=O) groups excluding carboxylic acids is 1. The SMILES string of the molecule is CC1=CCN(C(=O)c2cc(CC(C)C)[nH]c(=O)n2)CC1. The molecule has 5 nitrogen and oxygen atoms in total. The van der Waals surface area contributed by atoms with Crippen LogP contribution in [0.4, 0.5) is 0 Å². The first-order valence-electron chi connectivity index (χ1n) is 7.01. The van der Waals surface area contributed by atoms with Gasteiger partial charge >= 0.3 is 5.69 Å². The summed E-state index contributed by atoms with van der Waals surface area (Å²) in [6, 6.07) is 1.70. The van der Waals surface area contributed by atoms with E-state index < -0.39 is 5.69 Å². The van der Waals surface area contributed by atoms with Gasteiger partial charge in [0.05, 0.1) is 0 Å². The van der Waals surface area contributed by atoms with E-state index in [0.717, 1.165) is 18.5 Å². The largest absolute Gasteiger partial charge is 0.345 e. The Balaban J connectivity index is 2.21. The summed E-state index contributed by atoms with van der Waals surface area (Å²) in [5.74, 6) is 0.251. The molecule has 1 aromatic rings. The van der Waals surface area contributed by atoms with Crippen molar-refractivity contribution in [3.63, 3.8) is 0 Å². The van der Waals surface area contributed by atoms with Gasteiger partial charge in [0.2, 0.25) is 0 Å². The molecule has 1 N–H and O–H groups in total. The molecular weight excluding hydrogens is 254 g/mol. The molecule has 1 aromatic heterocycles. The Labute approximate surface area is 118 Å². The van der Waals surface area contributed by atoms with Crippen LogP contribution >= 0.6 is 0 Å². The molecule has 2 rings (SSSR count). The van der Waals surface area contributed by atoms with Crippen molar-refractivity contribution in [2.24, 2.45) is 5.92 Å². The molecule has 108 valence electrons. The lowest BCUT2D eigenvalue weighted by molar-refractivity contribution is 0.0762. The van der Waals surface area contributed by atoms with Crippen LogP contribution in [-0.4, -0.2) is 33.9 Å². The Morgan fingerprint density at radius 2 is 2.25 bits per heavy atom. The van der Waals surface area contributed by atoms with Crippen LogP contribution in [0.1, 0.15) is 43.4 Å². The highest BCUT2D eigenvalue weighted by Gasteiger charge is 2.19. The van der Waals surface area contributed by atoms with Gasteiger partial charge in [-0.25, -0.2) is 4.79 Å². The fourth-order valence-corrected chi connectivity index (χ4v) is 2.28. The molecule has 1 aliphatic rings. The van der Waals surface area contributed by atoms with Crippen molar-refractivity contribution in [2.75, 3.05) is 13.1 Å². The van der Waals surface area contributed by atoms with Crippen LogP contribution in [0.2, 0.25) is 0 Å². The van der Waals surface area contributed by atoms with Crippen molar-refractivity contribution < 1.29 is 4.79 Å². The van der Waals surface area contributed by atoms with Gasteiger partial charge in [-0.1, -0.05) is 25.5 Å². The van der Waals surface area contributed by atoms with Gasteiger partial charge in [-0.3, -0.25) is 4.79 Å². The van der Waals surface area contributed by atoms with Crippen molar-refractivity contribution in [3.05, 3.63) is 39.6 Å². The molecular formula is C15H21N3O2. The van der Waals surface area contributed by atoms with Crippen LogP contribution < -0.4 is 5.69 Å². The first-order chi connectivity index (χ1) is 9.45. The van der Waals surface area contributed by atoms with Gasteiger partial charge in [0.15, 0.2) is 0 Å². The van der Waals surface area contributed by atoms with Gasteiger partial charge < -0.3 is 9.88 Å². The monoisotopic (exact) mass is 275 g/mol. The maximum absolute atomic E-state index is 12.4. The van der Waals surface area contributed by atoms with E-state index in [9.17, 15) is 9.59 Å². The van der Waals surface area contributed by atoms with Gasteiger partial charge in [-0.05, 0) is 31.7 Å². The van der Waals surface area contributed by atoms with E-state index in [1.165, 1.54) is 5.57 Å². The highest BCUT2D eigenvalue weighted by Crippen LogP contribution is 2.13. The third kappa shape index (κ3) is 3.56. The van der Waals surface area contributed by atoms with Crippen LogP contribution in [0.15, 0.2) is 22.5 Å². The topological polar surface area (TPSA) is 66.1 Å². The van der Waals surface area contributed by atoms with Crippen LogP contribution in [-0.2, 0) is 6.42 Å². The second kappa shape index (κ2) is 6.03. The molecule has 2 heterocycles. The van der Waals surface area contributed by atoms with Crippen molar-refractivity contribution in [3.8, 4) is 0 Å². The Bertz CT molecular complexity index is 587. The molecule has 0 aromatic carbocycles. The van der Waals surface area contributed by atoms with Gasteiger partial charge in [0.25, 0.3) is 5.91 Å². The fraction of sp³-hybridized carbons (Fsp3) is 0.533. The molecule has 1 amide bonds. The Morgan fingerprint density at radius 3 is 2.85 bits per heavy atom. The normalized spacial score (nSPS) is 15.4. The van der Waals surface area contributed by atoms with Crippen molar-refractivity contribution >= 4 is 5.91 Å². The molecule has 0 bridgehead atoms. The zero-order chi connectivity index (χ0) is 14.7. The Kier molecular flexibility index (Phi) is 4.37. The molecule has 20 heavy (non-hydrogen) atoms. The predicted molar refractivity (Wildman–Crippen MR) is 77.7 cm³/mol. The smallest absolute Gasteiger partial charge is 0.333 e. The number of hydrogen-bond donors (Lipinski definition) is 1.